The topological polar surface area (TPSA) is 75.7 Å². The summed E-state index contributed by atoms with van der Waals surface area (Å²) in [4.78, 5) is 0. The Morgan fingerprint density at radius 1 is 1.47 bits per heavy atom. The molecular formula is C11H15BrFNO3. The molecule has 4 nitrogen and oxygen atoms in total. The molecule has 0 aliphatic carbocycles. The van der Waals surface area contributed by atoms with Crippen LogP contribution in [0.2, 0.25) is 0 Å². The molecule has 6 heteroatoms. The second-order valence-electron chi connectivity index (χ2n) is 3.61. The van der Waals surface area contributed by atoms with Gasteiger partial charge < -0.3 is 20.7 Å². The van der Waals surface area contributed by atoms with Crippen molar-refractivity contribution >= 4 is 21.6 Å². The minimum absolute atomic E-state index is 0.0236. The van der Waals surface area contributed by atoms with Crippen LogP contribution in [0.3, 0.4) is 0 Å². The lowest BCUT2D eigenvalue weighted by Gasteiger charge is -2.19. The molecular weight excluding hydrogens is 293 g/mol. The molecule has 2 atom stereocenters. The van der Waals surface area contributed by atoms with Gasteiger partial charge in [-0.1, -0.05) is 15.9 Å². The Labute approximate surface area is 107 Å². The van der Waals surface area contributed by atoms with Gasteiger partial charge in [0.05, 0.1) is 18.9 Å². The monoisotopic (exact) mass is 307 g/mol. The largest absolute Gasteiger partial charge is 0.495 e. The van der Waals surface area contributed by atoms with Crippen LogP contribution in [0.4, 0.5) is 10.1 Å². The number of hydrogen-bond acceptors (Lipinski definition) is 4. The lowest BCUT2D eigenvalue weighted by Crippen LogP contribution is -2.20. The molecule has 17 heavy (non-hydrogen) atoms. The Balaban J connectivity index is 3.04. The third-order valence-electron chi connectivity index (χ3n) is 2.44. The second-order valence-corrected chi connectivity index (χ2v) is 4.40. The van der Waals surface area contributed by atoms with E-state index < -0.39 is 18.0 Å². The molecule has 0 aliphatic heterocycles. The highest BCUT2D eigenvalue weighted by molar-refractivity contribution is 9.09. The van der Waals surface area contributed by atoms with Crippen molar-refractivity contribution in [2.24, 2.45) is 0 Å². The van der Waals surface area contributed by atoms with Crippen molar-refractivity contribution in [2.45, 2.75) is 18.6 Å². The number of alkyl halides is 1. The summed E-state index contributed by atoms with van der Waals surface area (Å²) in [5.74, 6) is -0.393. The smallest absolute Gasteiger partial charge is 0.142 e. The maximum absolute atomic E-state index is 13.6. The van der Waals surface area contributed by atoms with Crippen molar-refractivity contribution < 1.29 is 19.3 Å². The van der Waals surface area contributed by atoms with Gasteiger partial charge in [-0.2, -0.15) is 0 Å². The molecule has 96 valence electrons. The van der Waals surface area contributed by atoms with E-state index in [0.29, 0.717) is 11.8 Å². The minimum Gasteiger partial charge on any atom is -0.495 e. The summed E-state index contributed by atoms with van der Waals surface area (Å²) in [6, 6.07) is 2.37. The van der Waals surface area contributed by atoms with Gasteiger partial charge in [-0.25, -0.2) is 4.39 Å². The van der Waals surface area contributed by atoms with Gasteiger partial charge in [-0.05, 0) is 12.5 Å². The number of ether oxygens (including phenoxy) is 1. The van der Waals surface area contributed by atoms with Gasteiger partial charge in [-0.3, -0.25) is 0 Å². The number of nitrogens with two attached hydrogens (primary N) is 1. The van der Waals surface area contributed by atoms with Crippen LogP contribution in [-0.2, 0) is 0 Å². The van der Waals surface area contributed by atoms with E-state index in [4.69, 9.17) is 10.5 Å². The molecule has 0 saturated carbocycles. The number of aliphatic hydroxyl groups is 2. The van der Waals surface area contributed by atoms with E-state index in [-0.39, 0.29) is 17.0 Å². The van der Waals surface area contributed by atoms with Crippen molar-refractivity contribution in [2.75, 3.05) is 18.2 Å². The molecule has 4 N–H and O–H groups in total. The van der Waals surface area contributed by atoms with Gasteiger partial charge in [0.2, 0.25) is 0 Å². The zero-order valence-corrected chi connectivity index (χ0v) is 10.9. The first-order chi connectivity index (χ1) is 8.01. The van der Waals surface area contributed by atoms with Crippen LogP contribution in [-0.4, -0.2) is 28.8 Å². The average molecular weight is 308 g/mol. The minimum atomic E-state index is -1.30. The highest BCUT2D eigenvalue weighted by atomic mass is 79.9. The third-order valence-corrected chi connectivity index (χ3v) is 2.89. The van der Waals surface area contributed by atoms with Crippen LogP contribution >= 0.6 is 15.9 Å². The van der Waals surface area contributed by atoms with E-state index in [9.17, 15) is 14.6 Å². The molecule has 1 aromatic carbocycles. The number of methoxy groups -OCH3 is 1. The number of halogens is 2. The van der Waals surface area contributed by atoms with Gasteiger partial charge in [0.15, 0.2) is 0 Å². The first kappa shape index (κ1) is 14.2. The zero-order valence-electron chi connectivity index (χ0n) is 9.36. The Morgan fingerprint density at radius 2 is 2.12 bits per heavy atom. The van der Waals surface area contributed by atoms with Crippen molar-refractivity contribution in [1.82, 2.24) is 0 Å². The first-order valence-corrected chi connectivity index (χ1v) is 6.18. The zero-order chi connectivity index (χ0) is 13.0. The lowest BCUT2D eigenvalue weighted by atomic mass is 10.0. The van der Waals surface area contributed by atoms with Crippen molar-refractivity contribution in [3.63, 3.8) is 0 Å². The third kappa shape index (κ3) is 3.31. The molecule has 0 aromatic heterocycles. The SMILES string of the molecule is COc1cc(C(O)C(O)CCBr)c(F)cc1N. The van der Waals surface area contributed by atoms with E-state index in [2.05, 4.69) is 15.9 Å². The van der Waals surface area contributed by atoms with Gasteiger partial charge in [-0.15, -0.1) is 0 Å². The van der Waals surface area contributed by atoms with Crippen LogP contribution in [0.1, 0.15) is 18.1 Å². The highest BCUT2D eigenvalue weighted by Gasteiger charge is 2.22. The average Bonchev–Trinajstić information content (AvgIpc) is 2.29. The maximum Gasteiger partial charge on any atom is 0.142 e. The predicted molar refractivity (Wildman–Crippen MR) is 66.7 cm³/mol. The Bertz CT molecular complexity index is 389. The standard InChI is InChI=1S/C11H15BrFNO3/c1-17-10-4-6(7(13)5-8(10)14)11(16)9(15)2-3-12/h4-5,9,11,15-16H,2-3,14H2,1H3. The van der Waals surface area contributed by atoms with Crippen molar-refractivity contribution in [3.05, 3.63) is 23.5 Å². The number of hydrogen-bond donors (Lipinski definition) is 3. The number of nitrogen functional groups attached to an aromatic ring is 1. The normalized spacial score (nSPS) is 14.4. The van der Waals surface area contributed by atoms with E-state index in [1.165, 1.54) is 13.2 Å². The van der Waals surface area contributed by atoms with Crippen LogP contribution in [0.15, 0.2) is 12.1 Å². The molecule has 2 unspecified atom stereocenters. The van der Waals surface area contributed by atoms with Gasteiger partial charge in [0, 0.05) is 17.0 Å². The van der Waals surface area contributed by atoms with Gasteiger partial charge >= 0.3 is 0 Å². The van der Waals surface area contributed by atoms with Crippen molar-refractivity contribution in [1.29, 1.82) is 0 Å². The van der Waals surface area contributed by atoms with Crippen LogP contribution < -0.4 is 10.5 Å². The lowest BCUT2D eigenvalue weighted by molar-refractivity contribution is 0.0152. The fraction of sp³-hybridized carbons (Fsp3) is 0.455. The summed E-state index contributed by atoms with van der Waals surface area (Å²) in [6.07, 6.45) is -2.04. The molecule has 1 rings (SSSR count). The van der Waals surface area contributed by atoms with E-state index in [1.807, 2.05) is 0 Å². The number of anilines is 1. The molecule has 0 saturated heterocycles. The summed E-state index contributed by atoms with van der Waals surface area (Å²) >= 11 is 3.14. The predicted octanol–water partition coefficient (Wildman–Crippen LogP) is 1.60. The molecule has 0 heterocycles. The Morgan fingerprint density at radius 3 is 2.65 bits per heavy atom. The quantitative estimate of drug-likeness (QED) is 0.570. The molecule has 0 bridgehead atoms. The molecule has 0 aliphatic rings. The first-order valence-electron chi connectivity index (χ1n) is 5.06. The molecule has 0 fully saturated rings. The molecule has 1 aromatic rings. The van der Waals surface area contributed by atoms with Crippen LogP contribution in [0.25, 0.3) is 0 Å². The summed E-state index contributed by atoms with van der Waals surface area (Å²) < 4.78 is 18.5. The fourth-order valence-corrected chi connectivity index (χ4v) is 1.93. The Hall–Kier alpha value is -0.850. The summed E-state index contributed by atoms with van der Waals surface area (Å²) in [7, 11) is 1.40. The molecule has 0 radical (unpaired) electrons. The Kier molecular flexibility index (Phi) is 5.17. The van der Waals surface area contributed by atoms with Crippen LogP contribution in [0, 0.1) is 5.82 Å². The van der Waals surface area contributed by atoms with E-state index >= 15 is 0 Å². The second kappa shape index (κ2) is 6.18. The fourth-order valence-electron chi connectivity index (χ4n) is 1.46. The molecule has 0 spiro atoms. The summed E-state index contributed by atoms with van der Waals surface area (Å²) in [5.41, 5.74) is 5.64. The summed E-state index contributed by atoms with van der Waals surface area (Å²) in [5, 5.41) is 19.9. The number of rotatable bonds is 5. The van der Waals surface area contributed by atoms with E-state index in [1.54, 1.807) is 0 Å². The van der Waals surface area contributed by atoms with Gasteiger partial charge in [0.25, 0.3) is 0 Å². The highest BCUT2D eigenvalue weighted by Crippen LogP contribution is 2.30. The number of aliphatic hydroxyl groups excluding tert-OH is 2. The van der Waals surface area contributed by atoms with E-state index in [0.717, 1.165) is 6.07 Å². The van der Waals surface area contributed by atoms with Crippen LogP contribution in [0.5, 0.6) is 5.75 Å². The summed E-state index contributed by atoms with van der Waals surface area (Å²) in [6.45, 7) is 0. The maximum atomic E-state index is 13.6. The van der Waals surface area contributed by atoms with Crippen molar-refractivity contribution in [3.8, 4) is 5.75 Å². The molecule has 0 amide bonds. The number of benzene rings is 1. The van der Waals surface area contributed by atoms with Gasteiger partial charge in [0.1, 0.15) is 17.7 Å².